The smallest absolute Gasteiger partial charge is 0.320 e. The van der Waals surface area contributed by atoms with Gasteiger partial charge in [-0.3, -0.25) is 29.0 Å². The van der Waals surface area contributed by atoms with Gasteiger partial charge in [-0.1, -0.05) is 20.8 Å². The lowest BCUT2D eigenvalue weighted by molar-refractivity contribution is -0.156. The van der Waals surface area contributed by atoms with Crippen molar-refractivity contribution in [2.75, 3.05) is 45.8 Å². The van der Waals surface area contributed by atoms with Crippen LogP contribution in [0.3, 0.4) is 0 Å². The van der Waals surface area contributed by atoms with E-state index < -0.39 is 41.0 Å². The molecule has 3 amide bonds. The number of nitrogens with zero attached hydrogens (tertiary/aromatic N) is 3. The van der Waals surface area contributed by atoms with Gasteiger partial charge in [-0.05, 0) is 26.2 Å². The fraction of sp³-hybridized carbons (Fsp3) is 0.826. The predicted molar refractivity (Wildman–Crippen MR) is 125 cm³/mol. The second-order valence-electron chi connectivity index (χ2n) is 11.3. The van der Waals surface area contributed by atoms with Crippen LogP contribution in [0, 0.1) is 5.41 Å². The van der Waals surface area contributed by atoms with Crippen LogP contribution in [-0.4, -0.2) is 113 Å². The molecule has 34 heavy (non-hydrogen) atoms. The number of ether oxygens (including phenoxy) is 1. The number of β-amino-alcohol motifs (C(OH)–C–C–N with tert-alkyl or cyclic N) is 1. The van der Waals surface area contributed by atoms with E-state index in [0.717, 1.165) is 0 Å². The lowest BCUT2D eigenvalue weighted by Gasteiger charge is -2.37. The third-order valence-electron chi connectivity index (χ3n) is 5.91. The van der Waals surface area contributed by atoms with Crippen LogP contribution in [0.4, 0.5) is 0 Å². The molecule has 3 atom stereocenters. The third kappa shape index (κ3) is 8.21. The summed E-state index contributed by atoms with van der Waals surface area (Å²) in [6, 6.07) is -1.76. The van der Waals surface area contributed by atoms with Crippen molar-refractivity contribution in [1.29, 1.82) is 0 Å². The number of carbonyl (C=O) groups is 4. The number of hydrogen-bond donors (Lipinski definition) is 3. The first-order valence-electron chi connectivity index (χ1n) is 11.8. The van der Waals surface area contributed by atoms with Crippen LogP contribution in [0.1, 0.15) is 48.0 Å². The molecule has 2 rings (SSSR count). The van der Waals surface area contributed by atoms with Crippen molar-refractivity contribution in [1.82, 2.24) is 20.0 Å². The third-order valence-corrected chi connectivity index (χ3v) is 5.91. The summed E-state index contributed by atoms with van der Waals surface area (Å²) in [7, 11) is 0. The van der Waals surface area contributed by atoms with E-state index in [1.54, 1.807) is 0 Å². The maximum atomic E-state index is 13.3. The molecule has 0 unspecified atom stereocenters. The Morgan fingerprint density at radius 2 is 1.53 bits per heavy atom. The first kappa shape index (κ1) is 28.0. The van der Waals surface area contributed by atoms with Crippen LogP contribution in [0.5, 0.6) is 0 Å². The van der Waals surface area contributed by atoms with Gasteiger partial charge in [0.25, 0.3) is 0 Å². The van der Waals surface area contributed by atoms with Gasteiger partial charge in [0.05, 0.1) is 19.2 Å². The molecular weight excluding hydrogens is 442 g/mol. The highest BCUT2D eigenvalue weighted by Gasteiger charge is 2.44. The van der Waals surface area contributed by atoms with Crippen LogP contribution in [0.25, 0.3) is 0 Å². The number of piperazine rings is 1. The maximum absolute atomic E-state index is 13.3. The van der Waals surface area contributed by atoms with E-state index in [4.69, 9.17) is 10.5 Å². The first-order chi connectivity index (χ1) is 15.6. The zero-order valence-corrected chi connectivity index (χ0v) is 21.3. The average molecular weight is 484 g/mol. The number of esters is 1. The molecular formula is C23H41N5O6. The molecule has 2 aliphatic rings. The van der Waals surface area contributed by atoms with E-state index in [0.29, 0.717) is 26.2 Å². The zero-order chi connectivity index (χ0) is 25.8. The largest absolute Gasteiger partial charge is 0.459 e. The predicted octanol–water partition coefficient (Wildman–Crippen LogP) is -1.08. The molecule has 0 spiro atoms. The summed E-state index contributed by atoms with van der Waals surface area (Å²) in [6.45, 7) is 13.8. The van der Waals surface area contributed by atoms with Gasteiger partial charge < -0.3 is 25.8 Å². The Bertz CT molecular complexity index is 767. The summed E-state index contributed by atoms with van der Waals surface area (Å²) in [5, 5.41) is 12.8. The number of carbonyl (C=O) groups excluding carboxylic acids is 4. The molecule has 0 aromatic heterocycles. The van der Waals surface area contributed by atoms with Crippen LogP contribution in [0.2, 0.25) is 0 Å². The van der Waals surface area contributed by atoms with E-state index in [1.807, 2.05) is 51.3 Å². The van der Waals surface area contributed by atoms with Crippen molar-refractivity contribution in [2.45, 2.75) is 71.8 Å². The van der Waals surface area contributed by atoms with Crippen LogP contribution >= 0.6 is 0 Å². The van der Waals surface area contributed by atoms with Gasteiger partial charge >= 0.3 is 5.97 Å². The molecule has 0 aliphatic carbocycles. The van der Waals surface area contributed by atoms with Crippen LogP contribution < -0.4 is 11.1 Å². The molecule has 0 aromatic rings. The van der Waals surface area contributed by atoms with E-state index in [1.165, 1.54) is 4.90 Å². The molecule has 0 saturated carbocycles. The standard InChI is InChI=1S/C23H41N5O6/c1-22(2,3)19(21(33)28-12-15(29)11-16(28)20(24)32)25-17(30)13-26-7-9-27(10-8-26)14-18(31)34-23(4,5)6/h15-16,19,29H,7-14H2,1-6H3,(H2,24,32)(H,25,30)/t15-,16+,19-/m1/s1. The van der Waals surface area contributed by atoms with Gasteiger partial charge in [0.15, 0.2) is 0 Å². The maximum Gasteiger partial charge on any atom is 0.320 e. The van der Waals surface area contributed by atoms with Crippen molar-refractivity contribution in [3.63, 3.8) is 0 Å². The van der Waals surface area contributed by atoms with Crippen molar-refractivity contribution in [3.8, 4) is 0 Å². The van der Waals surface area contributed by atoms with Gasteiger partial charge in [-0.25, -0.2) is 0 Å². The molecule has 4 N–H and O–H groups in total. The average Bonchev–Trinajstić information content (AvgIpc) is 3.07. The summed E-state index contributed by atoms with van der Waals surface area (Å²) in [4.78, 5) is 55.1. The summed E-state index contributed by atoms with van der Waals surface area (Å²) >= 11 is 0. The number of primary amides is 1. The lowest BCUT2D eigenvalue weighted by Crippen LogP contribution is -2.59. The van der Waals surface area contributed by atoms with Gasteiger partial charge in [0, 0.05) is 39.1 Å². The molecule has 2 aliphatic heterocycles. The fourth-order valence-electron chi connectivity index (χ4n) is 4.21. The molecule has 0 aromatic carbocycles. The molecule has 11 nitrogen and oxygen atoms in total. The van der Waals surface area contributed by atoms with Crippen molar-refractivity contribution < 1.29 is 29.0 Å². The Kier molecular flexibility index (Phi) is 9.06. The molecule has 11 heteroatoms. The van der Waals surface area contributed by atoms with E-state index in [2.05, 4.69) is 5.32 Å². The van der Waals surface area contributed by atoms with E-state index in [-0.39, 0.29) is 37.9 Å². The van der Waals surface area contributed by atoms with Gasteiger partial charge in [-0.2, -0.15) is 0 Å². The summed E-state index contributed by atoms with van der Waals surface area (Å²) in [5.41, 5.74) is 4.28. The summed E-state index contributed by atoms with van der Waals surface area (Å²) < 4.78 is 5.36. The molecule has 2 saturated heterocycles. The van der Waals surface area contributed by atoms with Crippen molar-refractivity contribution >= 4 is 23.7 Å². The molecule has 0 radical (unpaired) electrons. The highest BCUT2D eigenvalue weighted by atomic mass is 16.6. The second-order valence-corrected chi connectivity index (χ2v) is 11.3. The minimum Gasteiger partial charge on any atom is -0.459 e. The highest BCUT2D eigenvalue weighted by Crippen LogP contribution is 2.26. The number of aliphatic hydroxyl groups excluding tert-OH is 1. The number of amides is 3. The van der Waals surface area contributed by atoms with Gasteiger partial charge in [0.2, 0.25) is 17.7 Å². The topological polar surface area (TPSA) is 146 Å². The normalized spacial score (nSPS) is 23.4. The fourth-order valence-corrected chi connectivity index (χ4v) is 4.21. The first-order valence-corrected chi connectivity index (χ1v) is 11.8. The number of hydrogen-bond acceptors (Lipinski definition) is 8. The SMILES string of the molecule is CC(C)(C)OC(=O)CN1CCN(CC(=O)N[C@H](C(=O)N2C[C@H](O)C[C@H]2C(N)=O)C(C)(C)C)CC1. The number of likely N-dealkylation sites (tertiary alicyclic amines) is 1. The molecule has 2 fully saturated rings. The Morgan fingerprint density at radius 3 is 2.00 bits per heavy atom. The minimum absolute atomic E-state index is 0.00843. The van der Waals surface area contributed by atoms with Gasteiger partial charge in [0.1, 0.15) is 17.7 Å². The Labute approximate surface area is 201 Å². The van der Waals surface area contributed by atoms with Crippen molar-refractivity contribution in [3.05, 3.63) is 0 Å². The monoisotopic (exact) mass is 483 g/mol. The second kappa shape index (κ2) is 11.0. The summed E-state index contributed by atoms with van der Waals surface area (Å²) in [5.74, 6) is -1.67. The Balaban J connectivity index is 1.91. The Morgan fingerprint density at radius 1 is 1.00 bits per heavy atom. The molecule has 2 heterocycles. The number of rotatable bonds is 7. The quantitative estimate of drug-likeness (QED) is 0.388. The van der Waals surface area contributed by atoms with Crippen LogP contribution in [0.15, 0.2) is 0 Å². The number of nitrogens with two attached hydrogens (primary N) is 1. The van der Waals surface area contributed by atoms with Crippen molar-refractivity contribution in [2.24, 2.45) is 11.1 Å². The molecule has 194 valence electrons. The number of nitrogens with one attached hydrogen (secondary N) is 1. The minimum atomic E-state index is -0.887. The summed E-state index contributed by atoms with van der Waals surface area (Å²) in [6.07, 6.45) is -0.728. The van der Waals surface area contributed by atoms with Crippen LogP contribution in [-0.2, 0) is 23.9 Å². The number of aliphatic hydroxyl groups is 1. The van der Waals surface area contributed by atoms with E-state index in [9.17, 15) is 24.3 Å². The zero-order valence-electron chi connectivity index (χ0n) is 21.3. The lowest BCUT2D eigenvalue weighted by atomic mass is 9.85. The van der Waals surface area contributed by atoms with Gasteiger partial charge in [-0.15, -0.1) is 0 Å². The Hall–Kier alpha value is -2.24. The highest BCUT2D eigenvalue weighted by molar-refractivity contribution is 5.93. The molecule has 0 bridgehead atoms. The van der Waals surface area contributed by atoms with E-state index >= 15 is 0 Å².